The molecule has 2 aromatic rings. The monoisotopic (exact) mass is 496 g/mol. The Morgan fingerprint density at radius 2 is 2.06 bits per heavy atom. The molecular formula is C28H33ClN2O4. The Balaban J connectivity index is 1.54. The summed E-state index contributed by atoms with van der Waals surface area (Å²) in [4.78, 5) is 26.5. The van der Waals surface area contributed by atoms with Gasteiger partial charge in [-0.05, 0) is 79.0 Å². The fourth-order valence-electron chi connectivity index (χ4n) is 5.97. The summed E-state index contributed by atoms with van der Waals surface area (Å²) < 4.78 is 6.49. The van der Waals surface area contributed by atoms with Crippen LogP contribution < -0.4 is 15.0 Å². The van der Waals surface area contributed by atoms with Crippen LogP contribution in [0.15, 0.2) is 36.4 Å². The molecule has 7 heteroatoms. The van der Waals surface area contributed by atoms with E-state index in [4.69, 9.17) is 16.3 Å². The Hall–Kier alpha value is -2.73. The first-order valence-corrected chi connectivity index (χ1v) is 13.0. The first kappa shape index (κ1) is 24.0. The minimum atomic E-state index is -0.997. The van der Waals surface area contributed by atoms with Crippen LogP contribution in [0, 0.1) is 5.92 Å². The van der Waals surface area contributed by atoms with Crippen molar-refractivity contribution in [2.45, 2.75) is 56.3 Å². The average Bonchev–Trinajstić information content (AvgIpc) is 2.96. The summed E-state index contributed by atoms with van der Waals surface area (Å²) in [6.07, 6.45) is 6.77. The molecule has 1 fully saturated rings. The van der Waals surface area contributed by atoms with E-state index >= 15 is 0 Å². The van der Waals surface area contributed by atoms with E-state index in [1.807, 2.05) is 18.2 Å². The molecule has 2 aromatic carbocycles. The highest BCUT2D eigenvalue weighted by atomic mass is 35.5. The quantitative estimate of drug-likeness (QED) is 0.593. The van der Waals surface area contributed by atoms with E-state index in [-0.39, 0.29) is 17.7 Å². The largest absolute Gasteiger partial charge is 0.490 e. The van der Waals surface area contributed by atoms with Crippen molar-refractivity contribution in [1.82, 2.24) is 5.32 Å². The fraction of sp³-hybridized carbons (Fsp3) is 0.500. The standard InChI is InChI=1S/C28H33ClN2O4/c1-30-26(32)14-22(27(33)34)19-7-10-25-24(13-19)31(15-18-4-2-5-18)16-28(17-35-25)11-3-6-20-12-21(29)8-9-23(20)28/h7-10,12-13,18,22H,2-6,11,14-17H2,1H3,(H,30,32)(H,33,34)/t22-,28-/m0/s1. The van der Waals surface area contributed by atoms with Crippen LogP contribution in [0.25, 0.3) is 0 Å². The summed E-state index contributed by atoms with van der Waals surface area (Å²) in [5.74, 6) is -0.763. The van der Waals surface area contributed by atoms with Crippen molar-refractivity contribution in [3.63, 3.8) is 0 Å². The van der Waals surface area contributed by atoms with Gasteiger partial charge < -0.3 is 20.1 Å². The number of carbonyl (C=O) groups excluding carboxylic acids is 1. The number of carboxylic acids is 1. The Kier molecular flexibility index (Phi) is 6.67. The molecule has 2 atom stereocenters. The summed E-state index contributed by atoms with van der Waals surface area (Å²) in [6.45, 7) is 2.33. The molecule has 186 valence electrons. The molecule has 0 aromatic heterocycles. The molecule has 3 aliphatic rings. The van der Waals surface area contributed by atoms with Gasteiger partial charge in [-0.15, -0.1) is 0 Å². The van der Waals surface area contributed by atoms with Crippen molar-refractivity contribution in [3.8, 4) is 5.75 Å². The number of rotatable bonds is 6. The summed E-state index contributed by atoms with van der Waals surface area (Å²) in [5.41, 5.74) is 4.06. The SMILES string of the molecule is CNC(=O)C[C@H](C(=O)O)c1ccc2c(c1)N(CC1CCC1)C[C@@]1(CCCc3cc(Cl)ccc31)CO2. The molecule has 6 nitrogen and oxygen atoms in total. The number of ether oxygens (including phenoxy) is 1. The molecule has 1 aliphatic heterocycles. The second-order valence-corrected chi connectivity index (χ2v) is 10.8. The predicted molar refractivity (Wildman–Crippen MR) is 137 cm³/mol. The van der Waals surface area contributed by atoms with E-state index in [0.717, 1.165) is 48.8 Å². The Morgan fingerprint density at radius 3 is 2.77 bits per heavy atom. The number of benzene rings is 2. The van der Waals surface area contributed by atoms with E-state index in [9.17, 15) is 14.7 Å². The molecule has 2 aliphatic carbocycles. The Bertz CT molecular complexity index is 1130. The van der Waals surface area contributed by atoms with Crippen molar-refractivity contribution < 1.29 is 19.4 Å². The molecule has 2 N–H and O–H groups in total. The maximum Gasteiger partial charge on any atom is 0.311 e. The lowest BCUT2D eigenvalue weighted by Gasteiger charge is -2.42. The lowest BCUT2D eigenvalue weighted by atomic mass is 9.70. The molecule has 1 heterocycles. The number of halogens is 1. The van der Waals surface area contributed by atoms with E-state index < -0.39 is 11.9 Å². The van der Waals surface area contributed by atoms with Crippen LogP contribution in [-0.4, -0.2) is 43.7 Å². The van der Waals surface area contributed by atoms with E-state index in [0.29, 0.717) is 18.1 Å². The van der Waals surface area contributed by atoms with Gasteiger partial charge in [0, 0.05) is 37.0 Å². The molecule has 5 rings (SSSR count). The van der Waals surface area contributed by atoms with Crippen molar-refractivity contribution in [1.29, 1.82) is 0 Å². The molecule has 35 heavy (non-hydrogen) atoms. The van der Waals surface area contributed by atoms with Crippen LogP contribution in [-0.2, 0) is 21.4 Å². The normalized spacial score (nSPS) is 22.3. The van der Waals surface area contributed by atoms with Crippen LogP contribution in [0.3, 0.4) is 0 Å². The first-order chi connectivity index (χ1) is 16.9. The summed E-state index contributed by atoms with van der Waals surface area (Å²) in [6, 6.07) is 11.9. The first-order valence-electron chi connectivity index (χ1n) is 12.6. The van der Waals surface area contributed by atoms with Gasteiger partial charge in [0.15, 0.2) is 0 Å². The molecule has 1 spiro atoms. The third-order valence-corrected chi connectivity index (χ3v) is 8.37. The van der Waals surface area contributed by atoms with Gasteiger partial charge in [-0.3, -0.25) is 9.59 Å². The minimum absolute atomic E-state index is 0.0911. The number of amides is 1. The van der Waals surface area contributed by atoms with Crippen molar-refractivity contribution in [3.05, 3.63) is 58.1 Å². The predicted octanol–water partition coefficient (Wildman–Crippen LogP) is 4.92. The van der Waals surface area contributed by atoms with Crippen molar-refractivity contribution >= 4 is 29.2 Å². The smallest absolute Gasteiger partial charge is 0.311 e. The second kappa shape index (κ2) is 9.73. The van der Waals surface area contributed by atoms with Crippen molar-refractivity contribution in [2.75, 3.05) is 31.6 Å². The third-order valence-electron chi connectivity index (χ3n) is 8.13. The average molecular weight is 497 g/mol. The highest BCUT2D eigenvalue weighted by Crippen LogP contribution is 2.46. The number of anilines is 1. The highest BCUT2D eigenvalue weighted by Gasteiger charge is 2.42. The number of nitrogens with zero attached hydrogens (tertiary/aromatic N) is 1. The number of fused-ring (bicyclic) bond motifs is 3. The van der Waals surface area contributed by atoms with E-state index in [1.165, 1.54) is 37.4 Å². The zero-order valence-electron chi connectivity index (χ0n) is 20.2. The van der Waals surface area contributed by atoms with E-state index in [1.54, 1.807) is 6.07 Å². The van der Waals surface area contributed by atoms with Gasteiger partial charge in [0.05, 0.1) is 18.2 Å². The molecule has 0 unspecified atom stereocenters. The maximum absolute atomic E-state index is 12.1. The number of hydrogen-bond acceptors (Lipinski definition) is 4. The zero-order chi connectivity index (χ0) is 24.6. The maximum atomic E-state index is 12.1. The van der Waals surface area contributed by atoms with Gasteiger partial charge in [0.1, 0.15) is 5.75 Å². The molecule has 1 saturated carbocycles. The lowest BCUT2D eigenvalue weighted by Crippen LogP contribution is -2.47. The number of nitrogens with one attached hydrogen (secondary N) is 1. The molecular weight excluding hydrogens is 464 g/mol. The van der Waals surface area contributed by atoms with Crippen LogP contribution in [0.1, 0.15) is 61.1 Å². The van der Waals surface area contributed by atoms with Crippen LogP contribution in [0.5, 0.6) is 5.75 Å². The van der Waals surface area contributed by atoms with E-state index in [2.05, 4.69) is 22.3 Å². The fourth-order valence-corrected chi connectivity index (χ4v) is 6.16. The molecule has 0 bridgehead atoms. The minimum Gasteiger partial charge on any atom is -0.490 e. The van der Waals surface area contributed by atoms with Gasteiger partial charge in [0.25, 0.3) is 0 Å². The van der Waals surface area contributed by atoms with Crippen LogP contribution >= 0.6 is 11.6 Å². The van der Waals surface area contributed by atoms with Gasteiger partial charge in [-0.1, -0.05) is 30.2 Å². The van der Waals surface area contributed by atoms with Gasteiger partial charge >= 0.3 is 5.97 Å². The summed E-state index contributed by atoms with van der Waals surface area (Å²) in [5, 5.41) is 13.2. The summed E-state index contributed by atoms with van der Waals surface area (Å²) in [7, 11) is 1.53. The van der Waals surface area contributed by atoms with Crippen LogP contribution in [0.2, 0.25) is 5.02 Å². The van der Waals surface area contributed by atoms with Gasteiger partial charge in [0.2, 0.25) is 5.91 Å². The highest BCUT2D eigenvalue weighted by molar-refractivity contribution is 6.30. The zero-order valence-corrected chi connectivity index (χ0v) is 20.9. The lowest BCUT2D eigenvalue weighted by molar-refractivity contribution is -0.140. The van der Waals surface area contributed by atoms with Crippen molar-refractivity contribution in [2.24, 2.45) is 5.92 Å². The Labute approximate surface area is 211 Å². The molecule has 0 saturated heterocycles. The molecule has 1 amide bonds. The topological polar surface area (TPSA) is 78.9 Å². The number of hydrogen-bond donors (Lipinski definition) is 2. The van der Waals surface area contributed by atoms with Gasteiger partial charge in [-0.2, -0.15) is 0 Å². The number of carbonyl (C=O) groups is 2. The van der Waals surface area contributed by atoms with Crippen LogP contribution in [0.4, 0.5) is 5.69 Å². The number of aryl methyl sites for hydroxylation is 1. The Morgan fingerprint density at radius 1 is 1.23 bits per heavy atom. The molecule has 0 radical (unpaired) electrons. The number of carboxylic acid groups (broad SMARTS) is 1. The summed E-state index contributed by atoms with van der Waals surface area (Å²) >= 11 is 6.33. The number of aliphatic carboxylic acids is 1. The van der Waals surface area contributed by atoms with Gasteiger partial charge in [-0.25, -0.2) is 0 Å². The second-order valence-electron chi connectivity index (χ2n) is 10.4. The third kappa shape index (κ3) is 4.73.